The van der Waals surface area contributed by atoms with Crippen LogP contribution in [0.25, 0.3) is 10.9 Å². The van der Waals surface area contributed by atoms with Crippen molar-refractivity contribution in [2.24, 2.45) is 0 Å². The SMILES string of the molecule is CSc1cc(N)nc(SC(C)c2cc3c(C(C)C)c[nH]c3cn2)n1. The molecule has 0 aromatic carbocycles. The number of aromatic nitrogens is 4. The van der Waals surface area contributed by atoms with Gasteiger partial charge in [0.15, 0.2) is 5.16 Å². The van der Waals surface area contributed by atoms with Crippen LogP contribution in [0.4, 0.5) is 5.82 Å². The average Bonchev–Trinajstić information content (AvgIpc) is 2.97. The van der Waals surface area contributed by atoms with Crippen molar-refractivity contribution in [3.63, 3.8) is 0 Å². The number of nitrogen functional groups attached to an aromatic ring is 1. The Balaban J connectivity index is 1.89. The van der Waals surface area contributed by atoms with Crippen LogP contribution in [0, 0.1) is 0 Å². The van der Waals surface area contributed by atoms with Crippen LogP contribution in [0.15, 0.2) is 34.7 Å². The highest BCUT2D eigenvalue weighted by molar-refractivity contribution is 7.99. The highest BCUT2D eigenvalue weighted by Crippen LogP contribution is 2.35. The van der Waals surface area contributed by atoms with E-state index in [4.69, 9.17) is 5.73 Å². The molecule has 3 N–H and O–H groups in total. The summed E-state index contributed by atoms with van der Waals surface area (Å²) in [6.07, 6.45) is 5.96. The van der Waals surface area contributed by atoms with Gasteiger partial charge in [-0.15, -0.1) is 11.8 Å². The molecule has 0 aliphatic rings. The molecule has 3 heterocycles. The minimum Gasteiger partial charge on any atom is -0.384 e. The normalized spacial score (nSPS) is 12.9. The summed E-state index contributed by atoms with van der Waals surface area (Å²) in [6.45, 7) is 6.52. The van der Waals surface area contributed by atoms with Crippen molar-refractivity contribution < 1.29 is 0 Å². The lowest BCUT2D eigenvalue weighted by Gasteiger charge is -2.11. The van der Waals surface area contributed by atoms with Crippen LogP contribution in [0.1, 0.15) is 43.2 Å². The average molecular weight is 360 g/mol. The first-order valence-electron chi connectivity index (χ1n) is 7.80. The van der Waals surface area contributed by atoms with E-state index in [0.717, 1.165) is 16.2 Å². The Labute approximate surface area is 150 Å². The summed E-state index contributed by atoms with van der Waals surface area (Å²) in [5.41, 5.74) is 9.27. The van der Waals surface area contributed by atoms with Crippen molar-refractivity contribution in [1.29, 1.82) is 0 Å². The van der Waals surface area contributed by atoms with E-state index in [1.807, 2.05) is 12.5 Å². The first kappa shape index (κ1) is 17.1. The molecule has 1 unspecified atom stereocenters. The Morgan fingerprint density at radius 3 is 2.67 bits per heavy atom. The first-order valence-corrected chi connectivity index (χ1v) is 9.90. The molecule has 0 aliphatic carbocycles. The number of thioether (sulfide) groups is 2. The molecule has 0 saturated heterocycles. The first-order chi connectivity index (χ1) is 11.5. The lowest BCUT2D eigenvalue weighted by Crippen LogP contribution is -1.99. The van der Waals surface area contributed by atoms with Crippen LogP contribution in [-0.2, 0) is 0 Å². The van der Waals surface area contributed by atoms with Gasteiger partial charge < -0.3 is 10.7 Å². The summed E-state index contributed by atoms with van der Waals surface area (Å²) < 4.78 is 0. The van der Waals surface area contributed by atoms with E-state index in [9.17, 15) is 0 Å². The van der Waals surface area contributed by atoms with Gasteiger partial charge in [0, 0.05) is 17.6 Å². The predicted octanol–water partition coefficient (Wildman–Crippen LogP) is 4.63. The minimum absolute atomic E-state index is 0.140. The summed E-state index contributed by atoms with van der Waals surface area (Å²) in [5, 5.41) is 2.95. The van der Waals surface area contributed by atoms with Crippen LogP contribution in [0.2, 0.25) is 0 Å². The molecule has 1 atom stereocenters. The molecule has 0 amide bonds. The van der Waals surface area contributed by atoms with Crippen molar-refractivity contribution in [2.45, 2.75) is 42.1 Å². The molecule has 3 aromatic rings. The number of nitrogens with two attached hydrogens (primary N) is 1. The molecule has 0 radical (unpaired) electrons. The largest absolute Gasteiger partial charge is 0.384 e. The van der Waals surface area contributed by atoms with Gasteiger partial charge in [0.1, 0.15) is 10.8 Å². The number of nitrogens with zero attached hydrogens (tertiary/aromatic N) is 3. The summed E-state index contributed by atoms with van der Waals surface area (Å²) >= 11 is 3.14. The fraction of sp³-hybridized carbons (Fsp3) is 0.353. The smallest absolute Gasteiger partial charge is 0.191 e. The monoisotopic (exact) mass is 359 g/mol. The van der Waals surface area contributed by atoms with E-state index >= 15 is 0 Å². The fourth-order valence-electron chi connectivity index (χ4n) is 2.56. The summed E-state index contributed by atoms with van der Waals surface area (Å²) in [6, 6.07) is 3.96. The molecular weight excluding hydrogens is 338 g/mol. The lowest BCUT2D eigenvalue weighted by atomic mass is 10.0. The number of anilines is 1. The van der Waals surface area contributed by atoms with Crippen molar-refractivity contribution in [2.75, 3.05) is 12.0 Å². The number of rotatable bonds is 5. The van der Waals surface area contributed by atoms with E-state index in [2.05, 4.69) is 53.0 Å². The van der Waals surface area contributed by atoms with Gasteiger partial charge in [-0.3, -0.25) is 4.98 Å². The Morgan fingerprint density at radius 2 is 1.96 bits per heavy atom. The van der Waals surface area contributed by atoms with Gasteiger partial charge in [0.2, 0.25) is 0 Å². The molecule has 126 valence electrons. The number of hydrogen-bond donors (Lipinski definition) is 2. The Bertz CT molecular complexity index is 859. The highest BCUT2D eigenvalue weighted by Gasteiger charge is 2.15. The number of aromatic amines is 1. The number of nitrogens with one attached hydrogen (secondary N) is 1. The molecule has 0 saturated carbocycles. The minimum atomic E-state index is 0.140. The molecular formula is C17H21N5S2. The van der Waals surface area contributed by atoms with Gasteiger partial charge in [-0.05, 0) is 30.7 Å². The van der Waals surface area contributed by atoms with E-state index in [1.165, 1.54) is 10.9 Å². The van der Waals surface area contributed by atoms with Crippen LogP contribution < -0.4 is 5.73 Å². The Kier molecular flexibility index (Phi) is 5.01. The number of pyridine rings is 1. The van der Waals surface area contributed by atoms with Crippen molar-refractivity contribution in [3.8, 4) is 0 Å². The second-order valence-electron chi connectivity index (χ2n) is 5.93. The van der Waals surface area contributed by atoms with Gasteiger partial charge >= 0.3 is 0 Å². The van der Waals surface area contributed by atoms with E-state index in [0.29, 0.717) is 16.9 Å². The van der Waals surface area contributed by atoms with E-state index < -0.39 is 0 Å². The molecule has 0 aliphatic heterocycles. The third-order valence-corrected chi connectivity index (χ3v) is 5.47. The van der Waals surface area contributed by atoms with Crippen molar-refractivity contribution in [1.82, 2.24) is 19.9 Å². The van der Waals surface area contributed by atoms with Crippen LogP contribution in [0.3, 0.4) is 0 Å². The van der Waals surface area contributed by atoms with E-state index in [1.54, 1.807) is 29.6 Å². The molecule has 24 heavy (non-hydrogen) atoms. The maximum Gasteiger partial charge on any atom is 0.191 e. The predicted molar refractivity (Wildman–Crippen MR) is 103 cm³/mol. The van der Waals surface area contributed by atoms with Crippen molar-refractivity contribution in [3.05, 3.63) is 35.8 Å². The summed E-state index contributed by atoms with van der Waals surface area (Å²) in [4.78, 5) is 16.7. The van der Waals surface area contributed by atoms with Gasteiger partial charge in [0.05, 0.1) is 22.7 Å². The second kappa shape index (κ2) is 7.03. The number of hydrogen-bond acceptors (Lipinski definition) is 6. The lowest BCUT2D eigenvalue weighted by molar-refractivity contribution is 0.874. The second-order valence-corrected chi connectivity index (χ2v) is 8.07. The van der Waals surface area contributed by atoms with Crippen molar-refractivity contribution >= 4 is 40.2 Å². The molecule has 0 fully saturated rings. The van der Waals surface area contributed by atoms with Gasteiger partial charge in [-0.25, -0.2) is 9.97 Å². The third kappa shape index (κ3) is 3.52. The standard InChI is InChI=1S/C17H21N5S2/c1-9(2)12-7-19-14-8-20-13(5-11(12)14)10(3)24-17-21-15(18)6-16(22-17)23-4/h5-10,19H,1-4H3,(H2,18,21,22). The molecule has 7 heteroatoms. The summed E-state index contributed by atoms with van der Waals surface area (Å²) in [7, 11) is 0. The maximum atomic E-state index is 5.87. The van der Waals surface area contributed by atoms with Crippen LogP contribution in [-0.4, -0.2) is 26.2 Å². The molecule has 5 nitrogen and oxygen atoms in total. The highest BCUT2D eigenvalue weighted by atomic mass is 32.2. The zero-order chi connectivity index (χ0) is 17.3. The Morgan fingerprint density at radius 1 is 1.17 bits per heavy atom. The molecule has 0 spiro atoms. The molecule has 3 rings (SSSR count). The van der Waals surface area contributed by atoms with Crippen LogP contribution >= 0.6 is 23.5 Å². The fourth-order valence-corrected chi connectivity index (χ4v) is 3.90. The quantitative estimate of drug-likeness (QED) is 0.393. The zero-order valence-electron chi connectivity index (χ0n) is 14.2. The molecule has 3 aromatic heterocycles. The van der Waals surface area contributed by atoms with Gasteiger partial charge in [-0.1, -0.05) is 25.6 Å². The summed E-state index contributed by atoms with van der Waals surface area (Å²) in [5.74, 6) is 0.971. The van der Waals surface area contributed by atoms with Gasteiger partial charge in [0.25, 0.3) is 0 Å². The van der Waals surface area contributed by atoms with Gasteiger partial charge in [-0.2, -0.15) is 0 Å². The van der Waals surface area contributed by atoms with Crippen LogP contribution in [0.5, 0.6) is 0 Å². The third-order valence-electron chi connectivity index (χ3n) is 3.85. The zero-order valence-corrected chi connectivity index (χ0v) is 15.8. The maximum absolute atomic E-state index is 5.87. The number of H-pyrrole nitrogens is 1. The topological polar surface area (TPSA) is 80.5 Å². The Hall–Kier alpha value is -1.73. The van der Waals surface area contributed by atoms with E-state index in [-0.39, 0.29) is 5.25 Å². The molecule has 0 bridgehead atoms. The number of fused-ring (bicyclic) bond motifs is 1.